The van der Waals surface area contributed by atoms with Crippen molar-refractivity contribution in [3.63, 3.8) is 0 Å². The smallest absolute Gasteiger partial charge is 0.257 e. The second-order valence-corrected chi connectivity index (χ2v) is 6.21. The van der Waals surface area contributed by atoms with Gasteiger partial charge in [-0.15, -0.1) is 0 Å². The van der Waals surface area contributed by atoms with Gasteiger partial charge in [0.05, 0.1) is 38.6 Å². The Labute approximate surface area is 142 Å². The maximum Gasteiger partial charge on any atom is 0.257 e. The largest absolute Gasteiger partial charge is 0.497 e. The fraction of sp³-hybridized carbons (Fsp3) is 0.444. The summed E-state index contributed by atoms with van der Waals surface area (Å²) in [5.74, 6) is 1.20. The minimum atomic E-state index is 0.0216. The maximum absolute atomic E-state index is 12.6. The SMILES string of the molecule is COc1ccc(Cn2cc(C(=O)N3CCOCC(C)C3)cn2)cc1. The fourth-order valence-corrected chi connectivity index (χ4v) is 2.82. The van der Waals surface area contributed by atoms with Crippen molar-refractivity contribution in [2.45, 2.75) is 13.5 Å². The summed E-state index contributed by atoms with van der Waals surface area (Å²) < 4.78 is 12.4. The Morgan fingerprint density at radius 2 is 2.17 bits per heavy atom. The van der Waals surface area contributed by atoms with Gasteiger partial charge >= 0.3 is 0 Å². The molecule has 6 nitrogen and oxygen atoms in total. The summed E-state index contributed by atoms with van der Waals surface area (Å²) in [5, 5.41) is 4.32. The summed E-state index contributed by atoms with van der Waals surface area (Å²) in [5.41, 5.74) is 1.73. The van der Waals surface area contributed by atoms with Crippen molar-refractivity contribution in [3.8, 4) is 5.75 Å². The molecule has 0 saturated carbocycles. The summed E-state index contributed by atoms with van der Waals surface area (Å²) in [4.78, 5) is 14.5. The Kier molecular flexibility index (Phi) is 5.15. The second-order valence-electron chi connectivity index (χ2n) is 6.21. The number of nitrogens with zero attached hydrogens (tertiary/aromatic N) is 3. The third-order valence-electron chi connectivity index (χ3n) is 4.11. The third-order valence-corrected chi connectivity index (χ3v) is 4.11. The quantitative estimate of drug-likeness (QED) is 0.861. The Morgan fingerprint density at radius 3 is 2.92 bits per heavy atom. The van der Waals surface area contributed by atoms with E-state index in [-0.39, 0.29) is 5.91 Å². The molecule has 1 aliphatic heterocycles. The lowest BCUT2D eigenvalue weighted by atomic mass is 10.2. The normalized spacial score (nSPS) is 18.2. The first kappa shape index (κ1) is 16.5. The molecule has 1 saturated heterocycles. The third kappa shape index (κ3) is 3.94. The van der Waals surface area contributed by atoms with Crippen LogP contribution in [0.2, 0.25) is 0 Å². The molecular weight excluding hydrogens is 306 g/mol. The molecule has 128 valence electrons. The van der Waals surface area contributed by atoms with E-state index in [1.54, 1.807) is 18.0 Å². The highest BCUT2D eigenvalue weighted by atomic mass is 16.5. The zero-order valence-corrected chi connectivity index (χ0v) is 14.1. The van der Waals surface area contributed by atoms with E-state index in [1.807, 2.05) is 35.4 Å². The number of hydrogen-bond acceptors (Lipinski definition) is 4. The number of ether oxygens (including phenoxy) is 2. The predicted octanol–water partition coefficient (Wildman–Crippen LogP) is 2.05. The van der Waals surface area contributed by atoms with Gasteiger partial charge in [-0.1, -0.05) is 19.1 Å². The standard InChI is InChI=1S/C18H23N3O3/c1-14-10-20(7-8-24-13-14)18(22)16-9-19-21(12-16)11-15-3-5-17(23-2)6-4-15/h3-6,9,12,14H,7-8,10-11,13H2,1-2H3. The molecule has 1 aromatic carbocycles. The van der Waals surface area contributed by atoms with Gasteiger partial charge < -0.3 is 14.4 Å². The molecule has 1 fully saturated rings. The summed E-state index contributed by atoms with van der Waals surface area (Å²) in [6.07, 6.45) is 3.45. The number of hydrogen-bond donors (Lipinski definition) is 0. The minimum absolute atomic E-state index is 0.0216. The molecule has 0 radical (unpaired) electrons. The predicted molar refractivity (Wildman–Crippen MR) is 90.2 cm³/mol. The summed E-state index contributed by atoms with van der Waals surface area (Å²) >= 11 is 0. The topological polar surface area (TPSA) is 56.6 Å². The van der Waals surface area contributed by atoms with E-state index in [1.165, 1.54) is 0 Å². The molecule has 0 spiro atoms. The van der Waals surface area contributed by atoms with Crippen LogP contribution in [0.25, 0.3) is 0 Å². The molecule has 24 heavy (non-hydrogen) atoms. The van der Waals surface area contributed by atoms with Gasteiger partial charge in [0.1, 0.15) is 5.75 Å². The van der Waals surface area contributed by atoms with Crippen LogP contribution in [0.1, 0.15) is 22.8 Å². The first-order valence-electron chi connectivity index (χ1n) is 8.18. The van der Waals surface area contributed by atoms with E-state index in [9.17, 15) is 4.79 Å². The van der Waals surface area contributed by atoms with Gasteiger partial charge in [0.2, 0.25) is 0 Å². The molecule has 0 bridgehead atoms. The monoisotopic (exact) mass is 329 g/mol. The first-order chi connectivity index (χ1) is 11.7. The van der Waals surface area contributed by atoms with Crippen LogP contribution in [0.3, 0.4) is 0 Å². The van der Waals surface area contributed by atoms with Crippen LogP contribution in [-0.2, 0) is 11.3 Å². The molecule has 1 aliphatic rings. The van der Waals surface area contributed by atoms with Crippen LogP contribution >= 0.6 is 0 Å². The van der Waals surface area contributed by atoms with Gasteiger partial charge in [0.15, 0.2) is 0 Å². The van der Waals surface area contributed by atoms with Gasteiger partial charge in [0.25, 0.3) is 5.91 Å². The van der Waals surface area contributed by atoms with Gasteiger partial charge in [-0.2, -0.15) is 5.10 Å². The van der Waals surface area contributed by atoms with Crippen LogP contribution in [0.15, 0.2) is 36.7 Å². The van der Waals surface area contributed by atoms with E-state index in [2.05, 4.69) is 12.0 Å². The van der Waals surface area contributed by atoms with Gasteiger partial charge in [-0.25, -0.2) is 0 Å². The van der Waals surface area contributed by atoms with Crippen molar-refractivity contribution in [1.82, 2.24) is 14.7 Å². The van der Waals surface area contributed by atoms with Crippen LogP contribution in [-0.4, -0.2) is 54.0 Å². The van der Waals surface area contributed by atoms with E-state index in [4.69, 9.17) is 9.47 Å². The molecule has 1 unspecified atom stereocenters. The lowest BCUT2D eigenvalue weighted by molar-refractivity contribution is 0.0738. The number of carbonyl (C=O) groups is 1. The zero-order valence-electron chi connectivity index (χ0n) is 14.1. The Bertz CT molecular complexity index is 681. The molecular formula is C18H23N3O3. The summed E-state index contributed by atoms with van der Waals surface area (Å²) in [6, 6.07) is 7.83. The van der Waals surface area contributed by atoms with E-state index in [0.29, 0.717) is 37.8 Å². The lowest BCUT2D eigenvalue weighted by Gasteiger charge is -2.21. The molecule has 1 amide bonds. The lowest BCUT2D eigenvalue weighted by Crippen LogP contribution is -2.35. The van der Waals surface area contributed by atoms with Gasteiger partial charge in [0, 0.05) is 19.3 Å². The first-order valence-corrected chi connectivity index (χ1v) is 8.18. The molecule has 2 aromatic rings. The van der Waals surface area contributed by atoms with Crippen molar-refractivity contribution in [1.29, 1.82) is 0 Å². The summed E-state index contributed by atoms with van der Waals surface area (Å²) in [7, 11) is 1.65. The number of carbonyl (C=O) groups excluding carboxylic acids is 1. The number of methoxy groups -OCH3 is 1. The van der Waals surface area contributed by atoms with Gasteiger partial charge in [-0.3, -0.25) is 9.48 Å². The fourth-order valence-electron chi connectivity index (χ4n) is 2.82. The molecule has 1 atom stereocenters. The Morgan fingerprint density at radius 1 is 1.38 bits per heavy atom. The van der Waals surface area contributed by atoms with Crippen LogP contribution < -0.4 is 4.74 Å². The average Bonchev–Trinajstić information content (AvgIpc) is 2.95. The van der Waals surface area contributed by atoms with Crippen LogP contribution in [0, 0.1) is 5.92 Å². The summed E-state index contributed by atoms with van der Waals surface area (Å²) in [6.45, 7) is 5.38. The van der Waals surface area contributed by atoms with Gasteiger partial charge in [-0.05, 0) is 23.6 Å². The molecule has 0 aliphatic carbocycles. The molecule has 3 rings (SSSR count). The second kappa shape index (κ2) is 7.49. The van der Waals surface area contributed by atoms with Crippen molar-refractivity contribution in [3.05, 3.63) is 47.8 Å². The van der Waals surface area contributed by atoms with E-state index < -0.39 is 0 Å². The van der Waals surface area contributed by atoms with Crippen molar-refractivity contribution in [2.24, 2.45) is 5.92 Å². The molecule has 0 N–H and O–H groups in total. The molecule has 2 heterocycles. The van der Waals surface area contributed by atoms with E-state index in [0.717, 1.165) is 17.9 Å². The zero-order chi connectivity index (χ0) is 16.9. The van der Waals surface area contributed by atoms with Crippen molar-refractivity contribution in [2.75, 3.05) is 33.4 Å². The maximum atomic E-state index is 12.6. The number of rotatable bonds is 4. The molecule has 1 aromatic heterocycles. The van der Waals surface area contributed by atoms with E-state index >= 15 is 0 Å². The highest BCUT2D eigenvalue weighted by molar-refractivity contribution is 5.93. The Balaban J connectivity index is 1.66. The highest BCUT2D eigenvalue weighted by Gasteiger charge is 2.22. The van der Waals surface area contributed by atoms with Crippen molar-refractivity contribution >= 4 is 5.91 Å². The van der Waals surface area contributed by atoms with Crippen LogP contribution in [0.5, 0.6) is 5.75 Å². The number of aromatic nitrogens is 2. The van der Waals surface area contributed by atoms with Crippen molar-refractivity contribution < 1.29 is 14.3 Å². The average molecular weight is 329 g/mol. The Hall–Kier alpha value is -2.34. The number of amides is 1. The van der Waals surface area contributed by atoms with Crippen LogP contribution in [0.4, 0.5) is 0 Å². The highest BCUT2D eigenvalue weighted by Crippen LogP contribution is 2.14. The number of benzene rings is 1. The minimum Gasteiger partial charge on any atom is -0.497 e. The molecule has 6 heteroatoms.